The molecule has 162 valence electrons. The molecule has 5 nitrogen and oxygen atoms in total. The van der Waals surface area contributed by atoms with E-state index in [4.69, 9.17) is 24.6 Å². The van der Waals surface area contributed by atoms with Crippen LogP contribution in [0.5, 0.6) is 0 Å². The Morgan fingerprint density at radius 2 is 2.31 bits per heavy atom. The molecule has 1 unspecified atom stereocenters. The van der Waals surface area contributed by atoms with Crippen LogP contribution in [0.1, 0.15) is 81.1 Å². The van der Waals surface area contributed by atoms with Gasteiger partial charge in [0.05, 0.1) is 18.4 Å². The lowest BCUT2D eigenvalue weighted by atomic mass is 9.65. The molecule has 0 aromatic heterocycles. The number of cyclic esters (lactones) is 1. The minimum Gasteiger partial charge on any atom is -0.462 e. The van der Waals surface area contributed by atoms with Gasteiger partial charge in [0.2, 0.25) is 0 Å². The van der Waals surface area contributed by atoms with Crippen molar-refractivity contribution < 1.29 is 39.2 Å². The van der Waals surface area contributed by atoms with Crippen LogP contribution in [-0.2, 0) is 19.1 Å². The van der Waals surface area contributed by atoms with E-state index in [-0.39, 0.29) is 37.0 Å². The third kappa shape index (κ3) is 5.30. The highest BCUT2D eigenvalue weighted by Crippen LogP contribution is 2.45. The third-order valence-electron chi connectivity index (χ3n) is 6.05. The molecule has 29 heavy (non-hydrogen) atoms. The molecule has 3 aliphatic rings. The normalized spacial score (nSPS) is 47.7. The van der Waals surface area contributed by atoms with Gasteiger partial charge in [-0.05, 0) is 49.0 Å². The first-order chi connectivity index (χ1) is 18.1. The molecule has 1 saturated heterocycles. The molecule has 1 fully saturated rings. The van der Waals surface area contributed by atoms with Gasteiger partial charge in [0.1, 0.15) is 12.2 Å². The summed E-state index contributed by atoms with van der Waals surface area (Å²) in [6.45, 7) is -3.49. The maximum absolute atomic E-state index is 13.4. The van der Waals surface area contributed by atoms with Crippen LogP contribution in [0.15, 0.2) is 23.8 Å². The SMILES string of the molecule is [2H]C1([2H])C(=O)OC(CC[C@@H]2[C@@H]3C(=C[C@H](C)C[C@@H]3OC(=O)[C@@]([2H])(C([2H])([2H])[2H])C([2H])([2H])C([2H])([2H])[2H])C=C[C@@H]2C)C[C@H]1O. The molecule has 0 aromatic carbocycles. The molecule has 0 radical (unpaired) electrons. The van der Waals surface area contributed by atoms with E-state index in [1.807, 2.05) is 32.1 Å². The van der Waals surface area contributed by atoms with Crippen molar-refractivity contribution in [1.82, 2.24) is 0 Å². The van der Waals surface area contributed by atoms with Crippen molar-refractivity contribution in [3.05, 3.63) is 23.8 Å². The predicted molar refractivity (Wildman–Crippen MR) is 111 cm³/mol. The highest BCUT2D eigenvalue weighted by molar-refractivity contribution is 5.72. The van der Waals surface area contributed by atoms with Crippen molar-refractivity contribution in [3.63, 3.8) is 0 Å². The average Bonchev–Trinajstić information content (AvgIpc) is 2.80. The zero-order chi connectivity index (χ0) is 30.6. The van der Waals surface area contributed by atoms with E-state index in [0.717, 1.165) is 5.57 Å². The molecule has 8 atom stereocenters. The van der Waals surface area contributed by atoms with Gasteiger partial charge in [-0.3, -0.25) is 9.59 Å². The lowest BCUT2D eigenvalue weighted by Crippen LogP contribution is -2.42. The summed E-state index contributed by atoms with van der Waals surface area (Å²) in [6, 6.07) is 0. The molecule has 1 N–H and O–H groups in total. The molecule has 0 spiro atoms. The van der Waals surface area contributed by atoms with Gasteiger partial charge in [-0.25, -0.2) is 0 Å². The minimum atomic E-state index is -3.75. The summed E-state index contributed by atoms with van der Waals surface area (Å²) in [6.07, 6.45) is -2.94. The molecule has 1 heterocycles. The maximum Gasteiger partial charge on any atom is 0.308 e. The van der Waals surface area contributed by atoms with Crippen LogP contribution < -0.4 is 0 Å². The first-order valence-corrected chi connectivity index (χ1v) is 10.1. The number of fused-ring (bicyclic) bond motifs is 1. The topological polar surface area (TPSA) is 72.8 Å². The second-order valence-corrected chi connectivity index (χ2v) is 8.23. The Balaban J connectivity index is 1.90. The predicted octanol–water partition coefficient (Wildman–Crippen LogP) is 4.20. The molecule has 0 bridgehead atoms. The number of aliphatic hydroxyl groups is 1. The first kappa shape index (κ1) is 11.7. The largest absolute Gasteiger partial charge is 0.462 e. The highest BCUT2D eigenvalue weighted by Gasteiger charge is 2.42. The van der Waals surface area contributed by atoms with E-state index >= 15 is 0 Å². The zero-order valence-electron chi connectivity index (χ0n) is 27.7. The van der Waals surface area contributed by atoms with Gasteiger partial charge in [0, 0.05) is 27.4 Å². The van der Waals surface area contributed by atoms with E-state index in [2.05, 4.69) is 0 Å². The Kier molecular flexibility index (Phi) is 3.81. The van der Waals surface area contributed by atoms with Crippen LogP contribution in [0.3, 0.4) is 0 Å². The second-order valence-electron chi connectivity index (χ2n) is 8.23. The molecule has 0 aromatic rings. The standard InChI is InChI=1S/C24H36O5/c1-5-15(3)24(27)29-21-11-14(2)10-17-7-6-16(4)20(23(17)21)9-8-19-12-18(25)13-22(26)28-19/h6-7,10,14-16,18-21,23,25H,5,8-9,11-13H2,1-4H3/t14-,15-,16-,18+,19?,20-,21-,23-/m0/s1/i1D3,3D3,5D2,13D2,15D. The van der Waals surface area contributed by atoms with Crippen molar-refractivity contribution in [2.75, 3.05) is 0 Å². The highest BCUT2D eigenvalue weighted by atomic mass is 16.5. The molecular weight excluding hydrogens is 368 g/mol. The summed E-state index contributed by atoms with van der Waals surface area (Å²) in [5.41, 5.74) is 0.792. The molecular formula is C24H36O5. The van der Waals surface area contributed by atoms with Crippen LogP contribution in [0.25, 0.3) is 0 Å². The average molecular weight is 416 g/mol. The van der Waals surface area contributed by atoms with Gasteiger partial charge in [-0.15, -0.1) is 0 Å². The Morgan fingerprint density at radius 1 is 1.48 bits per heavy atom. The summed E-state index contributed by atoms with van der Waals surface area (Å²) < 4.78 is 96.3. The van der Waals surface area contributed by atoms with Crippen LogP contribution in [0.2, 0.25) is 0 Å². The number of carbonyl (C=O) groups excluding carboxylic acids is 2. The van der Waals surface area contributed by atoms with E-state index in [0.29, 0.717) is 6.42 Å². The Labute approximate surface area is 190 Å². The monoisotopic (exact) mass is 415 g/mol. The van der Waals surface area contributed by atoms with Gasteiger partial charge in [0.25, 0.3) is 0 Å². The number of allylic oxidation sites excluding steroid dienone is 3. The third-order valence-corrected chi connectivity index (χ3v) is 6.05. The lowest BCUT2D eigenvalue weighted by Gasteiger charge is -2.43. The van der Waals surface area contributed by atoms with Crippen LogP contribution in [-0.4, -0.2) is 35.4 Å². The smallest absolute Gasteiger partial charge is 0.308 e. The Hall–Kier alpha value is -1.62. The molecule has 0 amide bonds. The van der Waals surface area contributed by atoms with Crippen molar-refractivity contribution in [2.24, 2.45) is 29.6 Å². The molecule has 1 aliphatic heterocycles. The van der Waals surface area contributed by atoms with E-state index in [1.54, 1.807) is 0 Å². The lowest BCUT2D eigenvalue weighted by molar-refractivity contribution is -0.162. The number of ether oxygens (including phenoxy) is 2. The van der Waals surface area contributed by atoms with Gasteiger partial charge in [-0.1, -0.05) is 45.8 Å². The quantitative estimate of drug-likeness (QED) is 0.658. The van der Waals surface area contributed by atoms with Crippen LogP contribution in [0, 0.1) is 29.6 Å². The maximum atomic E-state index is 13.4. The van der Waals surface area contributed by atoms with E-state index < -0.39 is 68.5 Å². The first-order valence-electron chi connectivity index (χ1n) is 15.6. The molecule has 0 saturated carbocycles. The molecule has 2 aliphatic carbocycles. The van der Waals surface area contributed by atoms with Gasteiger partial charge in [-0.2, -0.15) is 0 Å². The minimum absolute atomic E-state index is 0.0930. The van der Waals surface area contributed by atoms with Gasteiger partial charge in [0.15, 0.2) is 0 Å². The number of hydrogen-bond donors (Lipinski definition) is 1. The molecule has 3 rings (SSSR count). The molecule has 5 heteroatoms. The van der Waals surface area contributed by atoms with Crippen molar-refractivity contribution >= 4 is 11.9 Å². The zero-order valence-corrected chi connectivity index (χ0v) is 16.7. The number of aliphatic hydroxyl groups excluding tert-OH is 1. The van der Waals surface area contributed by atoms with E-state index in [1.165, 1.54) is 0 Å². The Bertz CT molecular complexity index is 1050. The van der Waals surface area contributed by atoms with Crippen molar-refractivity contribution in [3.8, 4) is 0 Å². The summed E-state index contributed by atoms with van der Waals surface area (Å²) in [7, 11) is 0. The van der Waals surface area contributed by atoms with Crippen LogP contribution in [0.4, 0.5) is 0 Å². The summed E-state index contributed by atoms with van der Waals surface area (Å²) in [4.78, 5) is 25.4. The number of esters is 2. The summed E-state index contributed by atoms with van der Waals surface area (Å²) in [5.74, 6) is -7.63. The van der Waals surface area contributed by atoms with Crippen LogP contribution >= 0.6 is 0 Å². The second kappa shape index (κ2) is 9.46. The fourth-order valence-corrected chi connectivity index (χ4v) is 4.70. The van der Waals surface area contributed by atoms with Crippen molar-refractivity contribution in [2.45, 2.75) is 84.3 Å². The number of carbonyl (C=O) groups is 2. The Morgan fingerprint density at radius 3 is 3.03 bits per heavy atom. The summed E-state index contributed by atoms with van der Waals surface area (Å²) >= 11 is 0. The van der Waals surface area contributed by atoms with Gasteiger partial charge < -0.3 is 14.6 Å². The number of rotatable bonds is 6. The van der Waals surface area contributed by atoms with Gasteiger partial charge >= 0.3 is 11.9 Å². The number of hydrogen-bond acceptors (Lipinski definition) is 5. The summed E-state index contributed by atoms with van der Waals surface area (Å²) in [5, 5.41) is 10.1. The fraction of sp³-hybridized carbons (Fsp3) is 0.750. The fourth-order valence-electron chi connectivity index (χ4n) is 4.70. The van der Waals surface area contributed by atoms with Crippen molar-refractivity contribution in [1.29, 1.82) is 0 Å². The van der Waals surface area contributed by atoms with E-state index in [9.17, 15) is 14.7 Å².